The first-order chi connectivity index (χ1) is 7.46. The van der Waals surface area contributed by atoms with Gasteiger partial charge in [0.1, 0.15) is 12.4 Å². The lowest BCUT2D eigenvalue weighted by Gasteiger charge is -2.17. The molecule has 7 heteroatoms. The molecule has 0 aromatic heterocycles. The first-order valence-electron chi connectivity index (χ1n) is 5.23. The van der Waals surface area contributed by atoms with Gasteiger partial charge in [-0.3, -0.25) is 9.35 Å². The number of epoxide rings is 1. The average molecular weight is 250 g/mol. The fraction of sp³-hybridized carbons (Fsp3) is 0.889. The van der Waals surface area contributed by atoms with Gasteiger partial charge in [0.15, 0.2) is 0 Å². The number of carbonyl (C=O) groups excluding carboxylic acids is 1. The first kappa shape index (κ1) is 11.8. The largest absolute Gasteiger partial charge is 0.464 e. The fourth-order valence-electron chi connectivity index (χ4n) is 1.98. The third kappa shape index (κ3) is 3.16. The molecule has 1 N–H and O–H groups in total. The minimum absolute atomic E-state index is 0.188. The summed E-state index contributed by atoms with van der Waals surface area (Å²) in [5.41, 5.74) is 0. The summed E-state index contributed by atoms with van der Waals surface area (Å²) in [6.45, 7) is -0.289. The zero-order valence-corrected chi connectivity index (χ0v) is 9.48. The van der Waals surface area contributed by atoms with Crippen molar-refractivity contribution >= 4 is 16.1 Å². The topological polar surface area (TPSA) is 93.2 Å². The van der Waals surface area contributed by atoms with Gasteiger partial charge in [0.2, 0.25) is 0 Å². The molecular weight excluding hydrogens is 236 g/mol. The molecule has 3 unspecified atom stereocenters. The molecule has 6 nitrogen and oxygen atoms in total. The van der Waals surface area contributed by atoms with E-state index in [1.165, 1.54) is 0 Å². The Kier molecular flexibility index (Phi) is 3.18. The van der Waals surface area contributed by atoms with Crippen molar-refractivity contribution in [2.24, 2.45) is 5.92 Å². The second kappa shape index (κ2) is 4.31. The molecule has 0 amide bonds. The summed E-state index contributed by atoms with van der Waals surface area (Å²) in [4.78, 5) is 11.5. The second-order valence-corrected chi connectivity index (χ2v) is 5.75. The van der Waals surface area contributed by atoms with Crippen LogP contribution in [0.2, 0.25) is 0 Å². The first-order valence-corrected chi connectivity index (χ1v) is 6.84. The summed E-state index contributed by atoms with van der Waals surface area (Å²) in [7, 11) is -4.05. The minimum atomic E-state index is -4.05. The van der Waals surface area contributed by atoms with Crippen LogP contribution in [0.4, 0.5) is 0 Å². The summed E-state index contributed by atoms with van der Waals surface area (Å²) >= 11 is 0. The number of hydrogen-bond acceptors (Lipinski definition) is 5. The molecule has 0 aromatic carbocycles. The highest BCUT2D eigenvalue weighted by Gasteiger charge is 2.46. The molecule has 1 saturated carbocycles. The van der Waals surface area contributed by atoms with Gasteiger partial charge in [-0.15, -0.1) is 0 Å². The van der Waals surface area contributed by atoms with Crippen LogP contribution in [0.3, 0.4) is 0 Å². The van der Waals surface area contributed by atoms with Gasteiger partial charge in [-0.25, -0.2) is 0 Å². The molecule has 1 aliphatic carbocycles. The molecule has 2 aliphatic rings. The molecule has 0 radical (unpaired) electrons. The maximum absolute atomic E-state index is 11.5. The van der Waals surface area contributed by atoms with Crippen molar-refractivity contribution in [2.75, 3.05) is 12.4 Å². The maximum atomic E-state index is 11.5. The van der Waals surface area contributed by atoms with E-state index in [2.05, 4.69) is 0 Å². The highest BCUT2D eigenvalue weighted by Crippen LogP contribution is 2.39. The summed E-state index contributed by atoms with van der Waals surface area (Å²) < 4.78 is 39.3. The summed E-state index contributed by atoms with van der Waals surface area (Å²) in [5.74, 6) is -1.13. The normalized spacial score (nSPS) is 32.9. The van der Waals surface area contributed by atoms with Crippen molar-refractivity contribution in [1.29, 1.82) is 0 Å². The molecule has 1 heterocycles. The van der Waals surface area contributed by atoms with Gasteiger partial charge >= 0.3 is 5.97 Å². The van der Waals surface area contributed by atoms with E-state index in [-0.39, 0.29) is 18.6 Å². The number of fused-ring (bicyclic) bond motifs is 1. The van der Waals surface area contributed by atoms with E-state index >= 15 is 0 Å². The highest BCUT2D eigenvalue weighted by atomic mass is 32.2. The van der Waals surface area contributed by atoms with E-state index < -0.39 is 21.8 Å². The van der Waals surface area contributed by atoms with Crippen molar-refractivity contribution in [3.05, 3.63) is 0 Å². The Morgan fingerprint density at radius 3 is 2.75 bits per heavy atom. The van der Waals surface area contributed by atoms with Crippen LogP contribution in [0.5, 0.6) is 0 Å². The van der Waals surface area contributed by atoms with Crippen LogP contribution in [0.1, 0.15) is 19.3 Å². The van der Waals surface area contributed by atoms with E-state index in [4.69, 9.17) is 14.0 Å². The monoisotopic (exact) mass is 250 g/mol. The molecule has 1 saturated heterocycles. The minimum Gasteiger partial charge on any atom is -0.464 e. The highest BCUT2D eigenvalue weighted by molar-refractivity contribution is 7.85. The van der Waals surface area contributed by atoms with Crippen molar-refractivity contribution in [1.82, 2.24) is 0 Å². The molecule has 0 bridgehead atoms. The van der Waals surface area contributed by atoms with Gasteiger partial charge in [0.05, 0.1) is 18.1 Å². The van der Waals surface area contributed by atoms with Crippen LogP contribution in [0.25, 0.3) is 0 Å². The van der Waals surface area contributed by atoms with E-state index in [1.807, 2.05) is 0 Å². The molecule has 92 valence electrons. The predicted molar refractivity (Wildman–Crippen MR) is 53.4 cm³/mol. The lowest BCUT2D eigenvalue weighted by atomic mass is 9.89. The van der Waals surface area contributed by atoms with E-state index in [9.17, 15) is 13.2 Å². The van der Waals surface area contributed by atoms with Gasteiger partial charge < -0.3 is 9.47 Å². The Morgan fingerprint density at radius 2 is 2.12 bits per heavy atom. The summed E-state index contributed by atoms with van der Waals surface area (Å²) in [6.07, 6.45) is 2.76. The molecular formula is C9H14O6S. The SMILES string of the molecule is O=C(OCCS(=O)(=O)O)C1CCC2OC2C1. The Hall–Kier alpha value is -0.660. The van der Waals surface area contributed by atoms with Crippen molar-refractivity contribution in [3.8, 4) is 0 Å². The smallest absolute Gasteiger partial charge is 0.309 e. The van der Waals surface area contributed by atoms with Crippen LogP contribution >= 0.6 is 0 Å². The van der Waals surface area contributed by atoms with Crippen molar-refractivity contribution in [3.63, 3.8) is 0 Å². The summed E-state index contributed by atoms with van der Waals surface area (Å²) in [5, 5.41) is 0. The van der Waals surface area contributed by atoms with Crippen LogP contribution in [-0.2, 0) is 24.4 Å². The van der Waals surface area contributed by atoms with E-state index in [1.54, 1.807) is 0 Å². The van der Waals surface area contributed by atoms with Crippen molar-refractivity contribution in [2.45, 2.75) is 31.5 Å². The second-order valence-electron chi connectivity index (χ2n) is 4.18. The predicted octanol–water partition coefficient (Wildman–Crippen LogP) is -0.0151. The summed E-state index contributed by atoms with van der Waals surface area (Å²) in [6, 6.07) is 0. The van der Waals surface area contributed by atoms with Gasteiger partial charge in [0, 0.05) is 0 Å². The third-order valence-corrected chi connectivity index (χ3v) is 3.61. The average Bonchev–Trinajstić information content (AvgIpc) is 2.92. The lowest BCUT2D eigenvalue weighted by Crippen LogP contribution is -2.25. The third-order valence-electron chi connectivity index (χ3n) is 2.92. The molecule has 2 fully saturated rings. The maximum Gasteiger partial charge on any atom is 0.309 e. The number of ether oxygens (including phenoxy) is 2. The number of rotatable bonds is 4. The molecule has 2 rings (SSSR count). The molecule has 16 heavy (non-hydrogen) atoms. The van der Waals surface area contributed by atoms with Crippen molar-refractivity contribution < 1.29 is 27.2 Å². The van der Waals surface area contributed by atoms with Gasteiger partial charge in [-0.05, 0) is 19.3 Å². The zero-order chi connectivity index (χ0) is 11.8. The van der Waals surface area contributed by atoms with E-state index in [0.29, 0.717) is 12.5 Å². The van der Waals surface area contributed by atoms with Gasteiger partial charge in [0.25, 0.3) is 10.1 Å². The van der Waals surface area contributed by atoms with Crippen LogP contribution < -0.4 is 0 Å². The molecule has 3 atom stereocenters. The number of carbonyl (C=O) groups is 1. The fourth-order valence-corrected chi connectivity index (χ4v) is 2.28. The van der Waals surface area contributed by atoms with Crippen LogP contribution in [0.15, 0.2) is 0 Å². The van der Waals surface area contributed by atoms with Gasteiger partial charge in [-0.1, -0.05) is 0 Å². The Bertz CT molecular complexity index is 375. The number of hydrogen-bond donors (Lipinski definition) is 1. The lowest BCUT2D eigenvalue weighted by molar-refractivity contribution is -0.148. The Morgan fingerprint density at radius 1 is 1.38 bits per heavy atom. The Balaban J connectivity index is 1.71. The molecule has 0 aromatic rings. The zero-order valence-electron chi connectivity index (χ0n) is 8.66. The quantitative estimate of drug-likeness (QED) is 0.428. The molecule has 0 spiro atoms. The van der Waals surface area contributed by atoms with Gasteiger partial charge in [-0.2, -0.15) is 8.42 Å². The number of esters is 1. The molecule has 1 aliphatic heterocycles. The standard InChI is InChI=1S/C9H14O6S/c10-9(14-3-4-16(11,12)13)6-1-2-7-8(5-6)15-7/h6-8H,1-5H2,(H,11,12,13). The van der Waals surface area contributed by atoms with Crippen LogP contribution in [0, 0.1) is 5.92 Å². The van der Waals surface area contributed by atoms with Crippen LogP contribution in [-0.4, -0.2) is 43.5 Å². The Labute approximate surface area is 93.7 Å². The van der Waals surface area contributed by atoms with E-state index in [0.717, 1.165) is 12.8 Å².